The topological polar surface area (TPSA) is 18.5 Å². The Bertz CT molecular complexity index is 429. The molecule has 0 heterocycles. The predicted octanol–water partition coefficient (Wildman–Crippen LogP) is 4.29. The first-order valence-corrected chi connectivity index (χ1v) is 6.67. The van der Waals surface area contributed by atoms with Crippen LogP contribution in [0.2, 0.25) is 6.32 Å². The van der Waals surface area contributed by atoms with Gasteiger partial charge in [0.25, 0.3) is 0 Å². The van der Waals surface area contributed by atoms with Gasteiger partial charge in [-0.1, -0.05) is 50.2 Å². The molecule has 0 saturated carbocycles. The van der Waals surface area contributed by atoms with Gasteiger partial charge in [-0.05, 0) is 30.2 Å². The van der Waals surface area contributed by atoms with E-state index >= 15 is 0 Å². The molecule has 0 saturated heterocycles. The van der Waals surface area contributed by atoms with Gasteiger partial charge in [-0.3, -0.25) is 0 Å². The van der Waals surface area contributed by atoms with E-state index in [4.69, 9.17) is 9.31 Å². The number of para-hydroxylation sites is 2. The molecule has 2 aromatic carbocycles. The normalized spacial score (nSPS) is 10.3. The van der Waals surface area contributed by atoms with Gasteiger partial charge < -0.3 is 9.31 Å². The minimum Gasteiger partial charge on any atom is -0.526 e. The fourth-order valence-corrected chi connectivity index (χ4v) is 1.81. The Morgan fingerprint density at radius 1 is 0.789 bits per heavy atom. The largest absolute Gasteiger partial charge is 0.594 e. The zero-order valence-corrected chi connectivity index (χ0v) is 11.5. The molecule has 98 valence electrons. The minimum atomic E-state index is -0.259. The molecule has 0 fully saturated rings. The molecule has 19 heavy (non-hydrogen) atoms. The summed E-state index contributed by atoms with van der Waals surface area (Å²) >= 11 is 0. The summed E-state index contributed by atoms with van der Waals surface area (Å²) in [5, 5.41) is 0. The SMILES string of the molecule is CC(C)CB(Oc1ccccc1)Oc1ccccc1. The number of hydrogen-bond donors (Lipinski definition) is 0. The molecule has 0 aromatic heterocycles. The van der Waals surface area contributed by atoms with E-state index in [0.29, 0.717) is 5.92 Å². The van der Waals surface area contributed by atoms with Crippen molar-refractivity contribution in [2.45, 2.75) is 20.2 Å². The molecule has 0 amide bonds. The van der Waals surface area contributed by atoms with Crippen LogP contribution in [-0.4, -0.2) is 7.12 Å². The molecule has 2 nitrogen and oxygen atoms in total. The quantitative estimate of drug-likeness (QED) is 0.716. The highest BCUT2D eigenvalue weighted by atomic mass is 16.6. The Labute approximate surface area is 115 Å². The van der Waals surface area contributed by atoms with Crippen LogP contribution in [0.25, 0.3) is 0 Å². The van der Waals surface area contributed by atoms with Crippen molar-refractivity contribution in [1.82, 2.24) is 0 Å². The van der Waals surface area contributed by atoms with Crippen LogP contribution in [0.1, 0.15) is 13.8 Å². The maximum absolute atomic E-state index is 5.91. The molecule has 0 unspecified atom stereocenters. The van der Waals surface area contributed by atoms with Crippen LogP contribution in [0.3, 0.4) is 0 Å². The lowest BCUT2D eigenvalue weighted by Crippen LogP contribution is -2.31. The second kappa shape index (κ2) is 6.88. The maximum Gasteiger partial charge on any atom is 0.594 e. The van der Waals surface area contributed by atoms with Crippen molar-refractivity contribution in [1.29, 1.82) is 0 Å². The van der Waals surface area contributed by atoms with E-state index in [-0.39, 0.29) is 7.12 Å². The molecule has 0 aliphatic carbocycles. The highest BCUT2D eigenvalue weighted by Crippen LogP contribution is 2.18. The van der Waals surface area contributed by atoms with E-state index < -0.39 is 0 Å². The van der Waals surface area contributed by atoms with Crippen molar-refractivity contribution in [3.05, 3.63) is 60.7 Å². The van der Waals surface area contributed by atoms with E-state index in [2.05, 4.69) is 13.8 Å². The second-order valence-corrected chi connectivity index (χ2v) is 4.92. The monoisotopic (exact) mass is 254 g/mol. The first-order valence-electron chi connectivity index (χ1n) is 6.67. The Morgan fingerprint density at radius 2 is 1.21 bits per heavy atom. The second-order valence-electron chi connectivity index (χ2n) is 4.92. The fourth-order valence-electron chi connectivity index (χ4n) is 1.81. The molecule has 0 N–H and O–H groups in total. The zero-order chi connectivity index (χ0) is 13.5. The lowest BCUT2D eigenvalue weighted by atomic mass is 9.78. The summed E-state index contributed by atoms with van der Waals surface area (Å²) in [6, 6.07) is 19.6. The summed E-state index contributed by atoms with van der Waals surface area (Å²) in [5.41, 5.74) is 0. The van der Waals surface area contributed by atoms with Gasteiger partial charge in [0, 0.05) is 6.32 Å². The Morgan fingerprint density at radius 3 is 1.58 bits per heavy atom. The standard InChI is InChI=1S/C16H19BO2/c1-14(2)13-17(18-15-9-5-3-6-10-15)19-16-11-7-4-8-12-16/h3-12,14H,13H2,1-2H3. The van der Waals surface area contributed by atoms with E-state index in [1.807, 2.05) is 60.7 Å². The molecule has 0 aliphatic rings. The Balaban J connectivity index is 2.03. The molecule has 0 spiro atoms. The first kappa shape index (κ1) is 13.5. The average molecular weight is 254 g/mol. The molecule has 0 atom stereocenters. The summed E-state index contributed by atoms with van der Waals surface area (Å²) in [5.74, 6) is 2.19. The summed E-state index contributed by atoms with van der Waals surface area (Å²) < 4.78 is 11.8. The van der Waals surface area contributed by atoms with Gasteiger partial charge in [0.05, 0.1) is 0 Å². The van der Waals surface area contributed by atoms with Crippen LogP contribution in [-0.2, 0) is 0 Å². The van der Waals surface area contributed by atoms with Crippen LogP contribution in [0, 0.1) is 5.92 Å². The van der Waals surface area contributed by atoms with Crippen LogP contribution in [0.15, 0.2) is 60.7 Å². The predicted molar refractivity (Wildman–Crippen MR) is 79.5 cm³/mol. The molecule has 0 aliphatic heterocycles. The maximum atomic E-state index is 5.91. The molecular weight excluding hydrogens is 235 g/mol. The van der Waals surface area contributed by atoms with E-state index in [9.17, 15) is 0 Å². The lowest BCUT2D eigenvalue weighted by Gasteiger charge is -2.18. The molecule has 3 heteroatoms. The van der Waals surface area contributed by atoms with E-state index in [1.54, 1.807) is 0 Å². The smallest absolute Gasteiger partial charge is 0.526 e. The van der Waals surface area contributed by atoms with Gasteiger partial charge in [0.2, 0.25) is 0 Å². The van der Waals surface area contributed by atoms with Crippen molar-refractivity contribution in [2.24, 2.45) is 5.92 Å². The third-order valence-electron chi connectivity index (χ3n) is 2.69. The van der Waals surface area contributed by atoms with Crippen molar-refractivity contribution in [3.8, 4) is 11.5 Å². The number of benzene rings is 2. The van der Waals surface area contributed by atoms with Gasteiger partial charge in [0.15, 0.2) is 0 Å². The highest BCUT2D eigenvalue weighted by molar-refractivity contribution is 6.46. The van der Waals surface area contributed by atoms with Gasteiger partial charge in [0.1, 0.15) is 11.5 Å². The van der Waals surface area contributed by atoms with Gasteiger partial charge in [-0.2, -0.15) is 0 Å². The van der Waals surface area contributed by atoms with Gasteiger partial charge >= 0.3 is 7.12 Å². The minimum absolute atomic E-state index is 0.259. The van der Waals surface area contributed by atoms with Crippen LogP contribution in [0.4, 0.5) is 0 Å². The molecule has 2 rings (SSSR count). The van der Waals surface area contributed by atoms with E-state index in [1.165, 1.54) is 0 Å². The van der Waals surface area contributed by atoms with Gasteiger partial charge in [-0.25, -0.2) is 0 Å². The lowest BCUT2D eigenvalue weighted by molar-refractivity contribution is 0.410. The van der Waals surface area contributed by atoms with Crippen LogP contribution >= 0.6 is 0 Å². The van der Waals surface area contributed by atoms with Gasteiger partial charge in [-0.15, -0.1) is 0 Å². The van der Waals surface area contributed by atoms with E-state index in [0.717, 1.165) is 17.8 Å². The zero-order valence-electron chi connectivity index (χ0n) is 11.5. The third-order valence-corrected chi connectivity index (χ3v) is 2.69. The Hall–Kier alpha value is -1.90. The molecular formula is C16H19BO2. The fraction of sp³-hybridized carbons (Fsp3) is 0.250. The molecule has 2 aromatic rings. The van der Waals surface area contributed by atoms with Crippen molar-refractivity contribution in [3.63, 3.8) is 0 Å². The van der Waals surface area contributed by atoms with Crippen molar-refractivity contribution < 1.29 is 9.31 Å². The summed E-state index contributed by atoms with van der Waals surface area (Å²) in [6.07, 6.45) is 0.851. The number of rotatable bonds is 6. The molecule has 0 bridgehead atoms. The van der Waals surface area contributed by atoms with Crippen LogP contribution in [0.5, 0.6) is 11.5 Å². The summed E-state index contributed by atoms with van der Waals surface area (Å²) in [7, 11) is -0.259. The third kappa shape index (κ3) is 4.70. The first-order chi connectivity index (χ1) is 9.24. The summed E-state index contributed by atoms with van der Waals surface area (Å²) in [6.45, 7) is 4.32. The summed E-state index contributed by atoms with van der Waals surface area (Å²) in [4.78, 5) is 0. The Kier molecular flexibility index (Phi) is 4.90. The van der Waals surface area contributed by atoms with Crippen molar-refractivity contribution in [2.75, 3.05) is 0 Å². The van der Waals surface area contributed by atoms with Crippen molar-refractivity contribution >= 4 is 7.12 Å². The molecule has 0 radical (unpaired) electrons. The highest BCUT2D eigenvalue weighted by Gasteiger charge is 2.24. The average Bonchev–Trinajstić information content (AvgIpc) is 2.40. The van der Waals surface area contributed by atoms with Crippen LogP contribution < -0.4 is 9.31 Å². The number of hydrogen-bond acceptors (Lipinski definition) is 2.